The van der Waals surface area contributed by atoms with Crippen LogP contribution in [0.2, 0.25) is 5.02 Å². The van der Waals surface area contributed by atoms with E-state index < -0.39 is 0 Å². The van der Waals surface area contributed by atoms with E-state index in [1.54, 1.807) is 11.3 Å². The van der Waals surface area contributed by atoms with Crippen LogP contribution in [-0.4, -0.2) is 50.3 Å². The molecule has 3 aromatic heterocycles. The van der Waals surface area contributed by atoms with Crippen LogP contribution >= 0.6 is 22.9 Å². The third kappa shape index (κ3) is 4.66. The van der Waals surface area contributed by atoms with Gasteiger partial charge in [-0.05, 0) is 51.9 Å². The van der Waals surface area contributed by atoms with Gasteiger partial charge in [0.1, 0.15) is 35.1 Å². The molecule has 0 unspecified atom stereocenters. The van der Waals surface area contributed by atoms with Gasteiger partial charge in [-0.1, -0.05) is 11.6 Å². The quantitative estimate of drug-likeness (QED) is 0.350. The van der Waals surface area contributed by atoms with Gasteiger partial charge >= 0.3 is 0 Å². The van der Waals surface area contributed by atoms with Crippen molar-refractivity contribution in [1.82, 2.24) is 29.8 Å². The van der Waals surface area contributed by atoms with E-state index in [4.69, 9.17) is 26.1 Å². The molecule has 0 radical (unpaired) electrons. The Balaban J connectivity index is 1.59. The Morgan fingerprint density at radius 3 is 2.79 bits per heavy atom. The first kappa shape index (κ1) is 22.1. The highest BCUT2D eigenvalue weighted by atomic mass is 35.5. The molecule has 0 aliphatic heterocycles. The lowest BCUT2D eigenvalue weighted by Crippen LogP contribution is -2.15. The number of aromatic nitrogens is 5. The zero-order chi connectivity index (χ0) is 23.0. The highest BCUT2D eigenvalue weighted by Gasteiger charge is 2.41. The van der Waals surface area contributed by atoms with E-state index in [2.05, 4.69) is 27.2 Å². The second-order valence-electron chi connectivity index (χ2n) is 8.38. The highest BCUT2D eigenvalue weighted by Crippen LogP contribution is 2.41. The third-order valence-corrected chi connectivity index (χ3v) is 6.77. The van der Waals surface area contributed by atoms with E-state index in [0.717, 1.165) is 34.8 Å². The fraction of sp³-hybridized carbons (Fsp3) is 0.391. The SMILES string of the molecule is CNCCOc1ccc(-c2nc3c(OC4(C)CC4)ncnc3n2Cc2ncc(C)s2)c(Cl)c1. The molecular weight excluding hydrogens is 460 g/mol. The molecule has 33 heavy (non-hydrogen) atoms. The fourth-order valence-electron chi connectivity index (χ4n) is 3.51. The number of aryl methyl sites for hydroxylation is 1. The standard InChI is InChI=1S/C23H25ClN6O2S/c1-14-11-26-18(33-14)12-30-20(16-5-4-15(10-17(16)24)31-9-8-25-3)29-19-21(30)27-13-28-22(19)32-23(2)6-7-23/h4-5,10-11,13,25H,6-9,12H2,1-3H3. The number of hydrogen-bond acceptors (Lipinski definition) is 8. The van der Waals surface area contributed by atoms with Crippen molar-refractivity contribution in [3.8, 4) is 23.0 Å². The lowest BCUT2D eigenvalue weighted by molar-refractivity contribution is 0.194. The normalized spacial score (nSPS) is 14.5. The highest BCUT2D eigenvalue weighted by molar-refractivity contribution is 7.11. The van der Waals surface area contributed by atoms with Crippen molar-refractivity contribution < 1.29 is 9.47 Å². The first-order valence-corrected chi connectivity index (χ1v) is 12.0. The lowest BCUT2D eigenvalue weighted by Gasteiger charge is -2.11. The van der Waals surface area contributed by atoms with Gasteiger partial charge in [0.05, 0.1) is 11.6 Å². The number of hydrogen-bond donors (Lipinski definition) is 1. The Labute approximate surface area is 201 Å². The zero-order valence-electron chi connectivity index (χ0n) is 18.8. The number of ether oxygens (including phenoxy) is 2. The van der Waals surface area contributed by atoms with Gasteiger partial charge < -0.3 is 19.4 Å². The summed E-state index contributed by atoms with van der Waals surface area (Å²) in [7, 11) is 1.89. The van der Waals surface area contributed by atoms with Gasteiger partial charge in [-0.3, -0.25) is 0 Å². The molecule has 1 aromatic carbocycles. The van der Waals surface area contributed by atoms with Gasteiger partial charge in [-0.2, -0.15) is 4.98 Å². The van der Waals surface area contributed by atoms with Gasteiger partial charge in [0.15, 0.2) is 11.2 Å². The van der Waals surface area contributed by atoms with Crippen LogP contribution in [0, 0.1) is 6.92 Å². The van der Waals surface area contributed by atoms with E-state index in [1.165, 1.54) is 6.33 Å². The van der Waals surface area contributed by atoms with Gasteiger partial charge in [0.2, 0.25) is 5.88 Å². The summed E-state index contributed by atoms with van der Waals surface area (Å²) in [4.78, 5) is 19.5. The first-order chi connectivity index (χ1) is 16.0. The Morgan fingerprint density at radius 2 is 2.09 bits per heavy atom. The molecular formula is C23H25ClN6O2S. The molecule has 3 heterocycles. The number of nitrogens with one attached hydrogen (secondary N) is 1. The van der Waals surface area contributed by atoms with E-state index in [0.29, 0.717) is 46.8 Å². The maximum absolute atomic E-state index is 6.71. The molecule has 0 atom stereocenters. The fourth-order valence-corrected chi connectivity index (χ4v) is 4.54. The number of likely N-dealkylation sites (N-methyl/N-ethyl adjacent to an activating group) is 1. The molecule has 5 rings (SSSR count). The maximum Gasteiger partial charge on any atom is 0.245 e. The molecule has 1 saturated carbocycles. The summed E-state index contributed by atoms with van der Waals surface area (Å²) in [6.07, 6.45) is 5.41. The summed E-state index contributed by atoms with van der Waals surface area (Å²) in [5.74, 6) is 1.90. The van der Waals surface area contributed by atoms with E-state index in [1.807, 2.05) is 42.9 Å². The molecule has 1 aliphatic carbocycles. The van der Waals surface area contributed by atoms with Crippen molar-refractivity contribution in [2.24, 2.45) is 0 Å². The Hall–Kier alpha value is -2.75. The Morgan fingerprint density at radius 1 is 1.24 bits per heavy atom. The van der Waals surface area contributed by atoms with Gasteiger partial charge in [0.25, 0.3) is 0 Å². The van der Waals surface area contributed by atoms with Crippen molar-refractivity contribution in [3.05, 3.63) is 45.6 Å². The van der Waals surface area contributed by atoms with Gasteiger partial charge in [0, 0.05) is 23.2 Å². The van der Waals surface area contributed by atoms with Crippen molar-refractivity contribution >= 4 is 34.1 Å². The molecule has 4 aromatic rings. The van der Waals surface area contributed by atoms with Crippen LogP contribution in [-0.2, 0) is 6.54 Å². The Bertz CT molecular complexity index is 1300. The smallest absolute Gasteiger partial charge is 0.245 e. The predicted octanol–water partition coefficient (Wildman–Crippen LogP) is 4.49. The number of benzene rings is 1. The van der Waals surface area contributed by atoms with E-state index in [-0.39, 0.29) is 5.60 Å². The van der Waals surface area contributed by atoms with Crippen LogP contribution in [0.15, 0.2) is 30.7 Å². The van der Waals surface area contributed by atoms with Crippen LogP contribution in [0.3, 0.4) is 0 Å². The van der Waals surface area contributed by atoms with E-state index in [9.17, 15) is 0 Å². The van der Waals surface area contributed by atoms with Gasteiger partial charge in [-0.25, -0.2) is 15.0 Å². The average molecular weight is 485 g/mol. The molecule has 1 aliphatic rings. The first-order valence-electron chi connectivity index (χ1n) is 10.8. The zero-order valence-corrected chi connectivity index (χ0v) is 20.3. The number of nitrogens with zero attached hydrogens (tertiary/aromatic N) is 5. The monoisotopic (exact) mass is 484 g/mol. The maximum atomic E-state index is 6.71. The molecule has 0 bridgehead atoms. The summed E-state index contributed by atoms with van der Waals surface area (Å²) in [5.41, 5.74) is 1.92. The molecule has 8 nitrogen and oxygen atoms in total. The summed E-state index contributed by atoms with van der Waals surface area (Å²) < 4.78 is 14.0. The Kier molecular flexibility index (Phi) is 5.94. The predicted molar refractivity (Wildman–Crippen MR) is 129 cm³/mol. The average Bonchev–Trinajstić information content (AvgIpc) is 3.20. The van der Waals surface area contributed by atoms with E-state index >= 15 is 0 Å². The summed E-state index contributed by atoms with van der Waals surface area (Å²) >= 11 is 8.36. The number of fused-ring (bicyclic) bond motifs is 1. The van der Waals surface area contributed by atoms with Crippen LogP contribution in [0.25, 0.3) is 22.6 Å². The lowest BCUT2D eigenvalue weighted by atomic mass is 10.2. The number of halogens is 1. The molecule has 0 spiro atoms. The summed E-state index contributed by atoms with van der Waals surface area (Å²) in [6.45, 7) is 5.96. The molecule has 172 valence electrons. The van der Waals surface area contributed by atoms with Crippen molar-refractivity contribution in [3.63, 3.8) is 0 Å². The van der Waals surface area contributed by atoms with Crippen molar-refractivity contribution in [2.75, 3.05) is 20.2 Å². The third-order valence-electron chi connectivity index (χ3n) is 5.56. The van der Waals surface area contributed by atoms with Crippen LogP contribution < -0.4 is 14.8 Å². The van der Waals surface area contributed by atoms with Crippen LogP contribution in [0.4, 0.5) is 0 Å². The van der Waals surface area contributed by atoms with Crippen molar-refractivity contribution in [1.29, 1.82) is 0 Å². The molecule has 10 heteroatoms. The molecule has 1 N–H and O–H groups in total. The van der Waals surface area contributed by atoms with Crippen LogP contribution in [0.5, 0.6) is 11.6 Å². The topological polar surface area (TPSA) is 87.0 Å². The van der Waals surface area contributed by atoms with Crippen molar-refractivity contribution in [2.45, 2.75) is 38.8 Å². The minimum absolute atomic E-state index is 0.179. The van der Waals surface area contributed by atoms with Crippen LogP contribution in [0.1, 0.15) is 29.7 Å². The minimum atomic E-state index is -0.179. The summed E-state index contributed by atoms with van der Waals surface area (Å²) in [6, 6.07) is 5.65. The second-order valence-corrected chi connectivity index (χ2v) is 10.1. The largest absolute Gasteiger partial charge is 0.492 e. The molecule has 0 saturated heterocycles. The van der Waals surface area contributed by atoms with Gasteiger partial charge in [-0.15, -0.1) is 11.3 Å². The number of thiazole rings is 1. The minimum Gasteiger partial charge on any atom is -0.492 e. The molecule has 0 amide bonds. The summed E-state index contributed by atoms with van der Waals surface area (Å²) in [5, 5.41) is 4.58. The second kappa shape index (κ2) is 8.89. The molecule has 1 fully saturated rings. The number of rotatable bonds is 9. The number of imidazole rings is 1.